The van der Waals surface area contributed by atoms with Gasteiger partial charge in [-0.15, -0.1) is 11.3 Å². The molecule has 1 aromatic heterocycles. The van der Waals surface area contributed by atoms with Crippen LogP contribution >= 0.6 is 11.3 Å². The summed E-state index contributed by atoms with van der Waals surface area (Å²) in [6.07, 6.45) is 1.97. The molecule has 0 aliphatic rings. The minimum atomic E-state index is 0.585. The molecule has 1 aromatic carbocycles. The molecule has 0 saturated heterocycles. The maximum Gasteiger partial charge on any atom is 0.203 e. The number of thiazole rings is 1. The number of aromatic nitrogens is 1. The summed E-state index contributed by atoms with van der Waals surface area (Å²) in [4.78, 5) is 8.75. The van der Waals surface area contributed by atoms with Crippen molar-refractivity contribution in [2.45, 2.75) is 26.3 Å². The van der Waals surface area contributed by atoms with Gasteiger partial charge in [-0.3, -0.25) is 4.99 Å². The van der Waals surface area contributed by atoms with Gasteiger partial charge in [0.15, 0.2) is 17.5 Å². The second kappa shape index (κ2) is 10.6. The zero-order valence-corrected chi connectivity index (χ0v) is 17.4. The minimum Gasteiger partial charge on any atom is -0.493 e. The van der Waals surface area contributed by atoms with Crippen molar-refractivity contribution < 1.29 is 14.2 Å². The Morgan fingerprint density at radius 1 is 1.11 bits per heavy atom. The summed E-state index contributed by atoms with van der Waals surface area (Å²) in [5.74, 6) is 2.61. The van der Waals surface area contributed by atoms with Crippen molar-refractivity contribution in [1.29, 1.82) is 0 Å². The van der Waals surface area contributed by atoms with Crippen molar-refractivity contribution in [2.24, 2.45) is 4.99 Å². The van der Waals surface area contributed by atoms with Gasteiger partial charge in [0.25, 0.3) is 0 Å². The highest BCUT2D eigenvalue weighted by Gasteiger charge is 2.13. The molecule has 0 fully saturated rings. The lowest BCUT2D eigenvalue weighted by atomic mass is 10.2. The first kappa shape index (κ1) is 20.8. The molecular weight excluding hydrogens is 364 g/mol. The van der Waals surface area contributed by atoms with Crippen molar-refractivity contribution in [3.05, 3.63) is 33.8 Å². The lowest BCUT2D eigenvalue weighted by Crippen LogP contribution is -2.37. The summed E-state index contributed by atoms with van der Waals surface area (Å²) < 4.78 is 16.1. The molecule has 1 heterocycles. The van der Waals surface area contributed by atoms with Gasteiger partial charge in [-0.2, -0.15) is 0 Å². The number of ether oxygens (including phenoxy) is 3. The Morgan fingerprint density at radius 3 is 2.33 bits per heavy atom. The van der Waals surface area contributed by atoms with Gasteiger partial charge in [-0.1, -0.05) is 0 Å². The van der Waals surface area contributed by atoms with Crippen LogP contribution in [-0.2, 0) is 13.0 Å². The van der Waals surface area contributed by atoms with Crippen LogP contribution in [0.25, 0.3) is 0 Å². The second-order valence-electron chi connectivity index (χ2n) is 5.87. The molecule has 0 radical (unpaired) electrons. The van der Waals surface area contributed by atoms with Crippen molar-refractivity contribution in [1.82, 2.24) is 15.6 Å². The number of methoxy groups -OCH3 is 3. The molecule has 0 amide bonds. The van der Waals surface area contributed by atoms with Crippen molar-refractivity contribution in [2.75, 3.05) is 34.9 Å². The fraction of sp³-hybridized carbons (Fsp3) is 0.474. The average molecular weight is 393 g/mol. The summed E-state index contributed by atoms with van der Waals surface area (Å²) >= 11 is 1.71. The van der Waals surface area contributed by atoms with E-state index in [1.165, 1.54) is 5.01 Å². The first-order valence-electron chi connectivity index (χ1n) is 8.75. The highest BCUT2D eigenvalue weighted by atomic mass is 32.1. The van der Waals surface area contributed by atoms with Gasteiger partial charge in [-0.05, 0) is 31.0 Å². The maximum absolute atomic E-state index is 5.39. The number of benzene rings is 1. The van der Waals surface area contributed by atoms with Crippen LogP contribution in [0, 0.1) is 6.92 Å². The smallest absolute Gasteiger partial charge is 0.203 e. The predicted molar refractivity (Wildman–Crippen MR) is 109 cm³/mol. The van der Waals surface area contributed by atoms with Crippen LogP contribution in [0.15, 0.2) is 22.5 Å². The van der Waals surface area contributed by atoms with E-state index in [0.29, 0.717) is 23.8 Å². The Hall–Kier alpha value is -2.48. The number of hydrogen-bond acceptors (Lipinski definition) is 6. The van der Waals surface area contributed by atoms with E-state index in [9.17, 15) is 0 Å². The fourth-order valence-electron chi connectivity index (χ4n) is 2.61. The molecule has 0 aliphatic heterocycles. The van der Waals surface area contributed by atoms with Crippen LogP contribution in [0.5, 0.6) is 17.2 Å². The first-order valence-corrected chi connectivity index (χ1v) is 9.63. The minimum absolute atomic E-state index is 0.585. The van der Waals surface area contributed by atoms with Crippen molar-refractivity contribution in [3.63, 3.8) is 0 Å². The quantitative estimate of drug-likeness (QED) is 0.388. The van der Waals surface area contributed by atoms with Gasteiger partial charge in [0, 0.05) is 37.6 Å². The summed E-state index contributed by atoms with van der Waals surface area (Å²) in [5.41, 5.74) is 2.09. The molecule has 0 spiro atoms. The zero-order chi connectivity index (χ0) is 19.6. The molecule has 27 heavy (non-hydrogen) atoms. The SMILES string of the molecule is CN=C(NCCCc1nc(C)cs1)NCc1cc(OC)c(OC)c(OC)c1. The summed E-state index contributed by atoms with van der Waals surface area (Å²) in [5, 5.41) is 9.89. The first-order chi connectivity index (χ1) is 13.1. The average Bonchev–Trinajstić information content (AvgIpc) is 3.11. The molecule has 0 bridgehead atoms. The molecule has 0 aliphatic carbocycles. The van der Waals surface area contributed by atoms with Gasteiger partial charge < -0.3 is 24.8 Å². The standard InChI is InChI=1S/C19H28N4O3S/c1-13-12-27-17(23-13)7-6-8-21-19(20-2)22-11-14-9-15(24-3)18(26-5)16(10-14)25-4/h9-10,12H,6-8,11H2,1-5H3,(H2,20,21,22). The zero-order valence-electron chi connectivity index (χ0n) is 16.6. The number of rotatable bonds is 9. The highest BCUT2D eigenvalue weighted by Crippen LogP contribution is 2.38. The summed E-state index contributed by atoms with van der Waals surface area (Å²) in [7, 11) is 6.57. The van der Waals surface area contributed by atoms with Gasteiger partial charge in [-0.25, -0.2) is 4.98 Å². The van der Waals surface area contributed by atoms with Crippen molar-refractivity contribution in [3.8, 4) is 17.2 Å². The molecule has 148 valence electrons. The number of hydrogen-bond donors (Lipinski definition) is 2. The normalized spacial score (nSPS) is 11.2. The van der Waals surface area contributed by atoms with Crippen LogP contribution in [0.2, 0.25) is 0 Å². The predicted octanol–water partition coefficient (Wildman–Crippen LogP) is 2.78. The van der Waals surface area contributed by atoms with Gasteiger partial charge in [0.2, 0.25) is 5.75 Å². The van der Waals surface area contributed by atoms with E-state index in [2.05, 4.69) is 26.0 Å². The molecule has 0 atom stereocenters. The monoisotopic (exact) mass is 392 g/mol. The number of aryl methyl sites for hydroxylation is 2. The van der Waals surface area contributed by atoms with E-state index in [1.807, 2.05) is 19.1 Å². The molecule has 2 aromatic rings. The van der Waals surface area contributed by atoms with E-state index >= 15 is 0 Å². The Morgan fingerprint density at radius 2 is 1.81 bits per heavy atom. The third-order valence-electron chi connectivity index (χ3n) is 3.93. The van der Waals surface area contributed by atoms with E-state index < -0.39 is 0 Å². The van der Waals surface area contributed by atoms with Crippen LogP contribution < -0.4 is 24.8 Å². The molecule has 7 nitrogen and oxygen atoms in total. The van der Waals surface area contributed by atoms with Gasteiger partial charge in [0.05, 0.1) is 26.3 Å². The number of guanidine groups is 1. The lowest BCUT2D eigenvalue weighted by molar-refractivity contribution is 0.323. The van der Waals surface area contributed by atoms with Crippen molar-refractivity contribution >= 4 is 17.3 Å². The number of nitrogens with one attached hydrogen (secondary N) is 2. The summed E-state index contributed by atoms with van der Waals surface area (Å²) in [6, 6.07) is 3.85. The third kappa shape index (κ3) is 6.02. The van der Waals surface area contributed by atoms with Crippen LogP contribution in [0.1, 0.15) is 22.7 Å². The summed E-state index contributed by atoms with van der Waals surface area (Å²) in [6.45, 7) is 3.43. The topological polar surface area (TPSA) is 77.0 Å². The Balaban J connectivity index is 1.86. The Kier molecular flexibility index (Phi) is 8.19. The molecular formula is C19H28N4O3S. The van der Waals surface area contributed by atoms with Gasteiger partial charge >= 0.3 is 0 Å². The lowest BCUT2D eigenvalue weighted by Gasteiger charge is -2.16. The van der Waals surface area contributed by atoms with Crippen LogP contribution in [0.3, 0.4) is 0 Å². The van der Waals surface area contributed by atoms with Crippen LogP contribution in [0.4, 0.5) is 0 Å². The maximum atomic E-state index is 5.39. The fourth-order valence-corrected chi connectivity index (χ4v) is 3.43. The van der Waals surface area contributed by atoms with E-state index in [4.69, 9.17) is 14.2 Å². The largest absolute Gasteiger partial charge is 0.493 e. The molecule has 2 N–H and O–H groups in total. The van der Waals surface area contributed by atoms with E-state index in [-0.39, 0.29) is 0 Å². The Labute approximate surface area is 164 Å². The van der Waals surface area contributed by atoms with Gasteiger partial charge in [0.1, 0.15) is 0 Å². The molecule has 0 unspecified atom stereocenters. The molecule has 8 heteroatoms. The number of aliphatic imine (C=N–C) groups is 1. The Bertz CT molecular complexity index is 736. The van der Waals surface area contributed by atoms with Crippen LogP contribution in [-0.4, -0.2) is 45.9 Å². The number of nitrogens with zero attached hydrogens (tertiary/aromatic N) is 2. The molecule has 0 saturated carbocycles. The molecule has 2 rings (SSSR count). The second-order valence-corrected chi connectivity index (χ2v) is 6.81. The third-order valence-corrected chi connectivity index (χ3v) is 4.96. The van der Waals surface area contributed by atoms with E-state index in [1.54, 1.807) is 39.7 Å². The van der Waals surface area contributed by atoms with E-state index in [0.717, 1.165) is 36.6 Å². The highest BCUT2D eigenvalue weighted by molar-refractivity contribution is 7.09.